The van der Waals surface area contributed by atoms with Crippen LogP contribution in [0.4, 0.5) is 0 Å². The Bertz CT molecular complexity index is 1060. The second-order valence-electron chi connectivity index (χ2n) is 6.96. The van der Waals surface area contributed by atoms with E-state index in [1.54, 1.807) is 23.4 Å². The van der Waals surface area contributed by atoms with Crippen LogP contribution in [0, 0.1) is 13.8 Å². The second-order valence-corrected chi connectivity index (χ2v) is 6.96. The van der Waals surface area contributed by atoms with E-state index in [9.17, 15) is 9.59 Å². The van der Waals surface area contributed by atoms with Gasteiger partial charge in [-0.15, -0.1) is 0 Å². The molecule has 3 aromatic rings. The lowest BCUT2D eigenvalue weighted by Gasteiger charge is -2.26. The summed E-state index contributed by atoms with van der Waals surface area (Å²) in [5.41, 5.74) is 2.55. The molecule has 0 unspecified atom stereocenters. The van der Waals surface area contributed by atoms with Crippen LogP contribution < -0.4 is 5.32 Å². The highest BCUT2D eigenvalue weighted by atomic mass is 16.4. The van der Waals surface area contributed by atoms with Crippen LogP contribution in [0.15, 0.2) is 10.7 Å². The van der Waals surface area contributed by atoms with Crippen molar-refractivity contribution in [1.82, 2.24) is 40.2 Å². The van der Waals surface area contributed by atoms with Crippen LogP contribution in [0.1, 0.15) is 49.7 Å². The summed E-state index contributed by atoms with van der Waals surface area (Å²) in [6, 6.07) is 0. The molecule has 1 aliphatic heterocycles. The van der Waals surface area contributed by atoms with Gasteiger partial charge in [0, 0.05) is 39.0 Å². The highest BCUT2D eigenvalue weighted by molar-refractivity contribution is 5.95. The maximum atomic E-state index is 12.7. The Morgan fingerprint density at radius 1 is 1.34 bits per heavy atom. The number of aryl methyl sites for hydroxylation is 3. The number of carbonyl (C=O) groups is 2. The molecule has 0 radical (unpaired) electrons. The van der Waals surface area contributed by atoms with Gasteiger partial charge in [-0.1, -0.05) is 0 Å². The molecular weight excluding hydrogens is 376 g/mol. The number of fused-ring (bicyclic) bond motifs is 1. The van der Waals surface area contributed by atoms with E-state index in [2.05, 4.69) is 30.6 Å². The number of hydrogen-bond donors (Lipinski definition) is 2. The van der Waals surface area contributed by atoms with Crippen molar-refractivity contribution < 1.29 is 14.0 Å². The summed E-state index contributed by atoms with van der Waals surface area (Å²) in [7, 11) is 1.81. The van der Waals surface area contributed by atoms with Gasteiger partial charge in [-0.25, -0.2) is 9.97 Å². The van der Waals surface area contributed by atoms with E-state index in [4.69, 9.17) is 4.42 Å². The lowest BCUT2D eigenvalue weighted by atomic mass is 10.0. The van der Waals surface area contributed by atoms with E-state index in [0.29, 0.717) is 49.8 Å². The van der Waals surface area contributed by atoms with E-state index in [1.807, 2.05) is 7.05 Å². The quantitative estimate of drug-likeness (QED) is 0.632. The van der Waals surface area contributed by atoms with E-state index in [-0.39, 0.29) is 17.6 Å². The molecule has 2 N–H and O–H groups in total. The molecule has 11 heteroatoms. The van der Waals surface area contributed by atoms with Gasteiger partial charge in [-0.3, -0.25) is 19.4 Å². The summed E-state index contributed by atoms with van der Waals surface area (Å²) in [6.07, 6.45) is 2.60. The van der Waals surface area contributed by atoms with E-state index in [0.717, 1.165) is 17.1 Å². The number of nitrogens with zero attached hydrogens (tertiary/aromatic N) is 6. The molecule has 0 aliphatic carbocycles. The lowest BCUT2D eigenvalue weighted by molar-refractivity contribution is 0.0697. The summed E-state index contributed by atoms with van der Waals surface area (Å²) >= 11 is 0. The van der Waals surface area contributed by atoms with E-state index < -0.39 is 0 Å². The van der Waals surface area contributed by atoms with Crippen molar-refractivity contribution in [2.75, 3.05) is 13.1 Å². The van der Waals surface area contributed by atoms with Gasteiger partial charge in [-0.05, 0) is 13.3 Å². The largest absolute Gasteiger partial charge is 0.436 e. The van der Waals surface area contributed by atoms with Gasteiger partial charge in [0.2, 0.25) is 5.76 Å². The van der Waals surface area contributed by atoms with E-state index in [1.165, 1.54) is 6.33 Å². The van der Waals surface area contributed by atoms with Crippen molar-refractivity contribution in [2.45, 2.75) is 33.2 Å². The Hall–Kier alpha value is -3.50. The predicted molar refractivity (Wildman–Crippen MR) is 100 cm³/mol. The first kappa shape index (κ1) is 18.8. The fourth-order valence-corrected chi connectivity index (χ4v) is 3.47. The molecule has 0 fully saturated rings. The highest BCUT2D eigenvalue weighted by Crippen LogP contribution is 2.23. The van der Waals surface area contributed by atoms with Crippen LogP contribution in [0.25, 0.3) is 0 Å². The minimum absolute atomic E-state index is 0.210. The molecule has 2 amide bonds. The first-order valence-corrected chi connectivity index (χ1v) is 9.34. The monoisotopic (exact) mass is 398 g/mol. The number of H-pyrrole nitrogens is 1. The number of oxazole rings is 1. The molecule has 4 heterocycles. The number of amides is 2. The number of hydrogen-bond acceptors (Lipinski definition) is 7. The molecule has 0 bridgehead atoms. The fraction of sp³-hybridized carbons (Fsp3) is 0.444. The summed E-state index contributed by atoms with van der Waals surface area (Å²) in [5, 5.41) is 13.9. The smallest absolute Gasteiger partial charge is 0.291 e. The first-order valence-electron chi connectivity index (χ1n) is 9.34. The van der Waals surface area contributed by atoms with Crippen molar-refractivity contribution in [3.05, 3.63) is 46.4 Å². The molecule has 152 valence electrons. The SMILES string of the molecule is Cc1nc(C)c(C(=O)N2CCc3c(C(=O)NCCc4ncnn4C)n[nH]c3C2)o1. The Morgan fingerprint density at radius 2 is 2.17 bits per heavy atom. The second kappa shape index (κ2) is 7.49. The third kappa shape index (κ3) is 3.62. The molecule has 0 spiro atoms. The zero-order chi connectivity index (χ0) is 20.5. The van der Waals surface area contributed by atoms with Crippen LogP contribution in [0.3, 0.4) is 0 Å². The zero-order valence-electron chi connectivity index (χ0n) is 16.5. The Balaban J connectivity index is 1.40. The molecule has 0 saturated heterocycles. The minimum atomic E-state index is -0.244. The van der Waals surface area contributed by atoms with Gasteiger partial charge in [0.25, 0.3) is 11.8 Å². The minimum Gasteiger partial charge on any atom is -0.436 e. The number of aromatic nitrogens is 6. The molecule has 0 saturated carbocycles. The topological polar surface area (TPSA) is 135 Å². The van der Waals surface area contributed by atoms with Gasteiger partial charge in [0.05, 0.1) is 17.9 Å². The summed E-state index contributed by atoms with van der Waals surface area (Å²) in [4.78, 5) is 35.2. The van der Waals surface area contributed by atoms with Crippen LogP contribution in [0.5, 0.6) is 0 Å². The lowest BCUT2D eigenvalue weighted by Crippen LogP contribution is -2.36. The van der Waals surface area contributed by atoms with Gasteiger partial charge >= 0.3 is 0 Å². The summed E-state index contributed by atoms with van der Waals surface area (Å²) in [5.74, 6) is 1.06. The van der Waals surface area contributed by atoms with Crippen molar-refractivity contribution in [2.24, 2.45) is 7.05 Å². The predicted octanol–water partition coefficient (Wildman–Crippen LogP) is 0.314. The van der Waals surface area contributed by atoms with Crippen molar-refractivity contribution >= 4 is 11.8 Å². The van der Waals surface area contributed by atoms with Gasteiger partial charge < -0.3 is 14.6 Å². The van der Waals surface area contributed by atoms with E-state index >= 15 is 0 Å². The maximum absolute atomic E-state index is 12.7. The number of nitrogens with one attached hydrogen (secondary N) is 2. The third-order valence-corrected chi connectivity index (χ3v) is 4.97. The number of aromatic amines is 1. The highest BCUT2D eigenvalue weighted by Gasteiger charge is 2.30. The Morgan fingerprint density at radius 3 is 2.86 bits per heavy atom. The van der Waals surface area contributed by atoms with Gasteiger partial charge in [0.1, 0.15) is 12.2 Å². The van der Waals surface area contributed by atoms with Gasteiger partial charge in [-0.2, -0.15) is 10.2 Å². The normalized spacial score (nSPS) is 13.4. The van der Waals surface area contributed by atoms with Gasteiger partial charge in [0.15, 0.2) is 11.6 Å². The Labute approximate surface area is 166 Å². The molecule has 29 heavy (non-hydrogen) atoms. The molecule has 3 aromatic heterocycles. The van der Waals surface area contributed by atoms with Crippen LogP contribution in [-0.2, 0) is 26.4 Å². The zero-order valence-corrected chi connectivity index (χ0v) is 16.5. The van der Waals surface area contributed by atoms with Crippen molar-refractivity contribution in [3.8, 4) is 0 Å². The molecule has 1 aliphatic rings. The molecular formula is C18H22N8O3. The van der Waals surface area contributed by atoms with Crippen molar-refractivity contribution in [1.29, 1.82) is 0 Å². The van der Waals surface area contributed by atoms with Crippen molar-refractivity contribution in [3.63, 3.8) is 0 Å². The standard InChI is InChI=1S/C18H22N8O3/c1-10-16(29-11(2)22-10)18(28)26-7-5-12-13(8-26)23-24-15(12)17(27)19-6-4-14-20-9-21-25(14)3/h9H,4-8H2,1-3H3,(H,19,27)(H,23,24). The first-order chi connectivity index (χ1) is 13.9. The molecule has 11 nitrogen and oxygen atoms in total. The maximum Gasteiger partial charge on any atom is 0.291 e. The average Bonchev–Trinajstić information content (AvgIpc) is 3.39. The summed E-state index contributed by atoms with van der Waals surface area (Å²) in [6.45, 7) is 4.71. The molecule has 4 rings (SSSR count). The summed E-state index contributed by atoms with van der Waals surface area (Å²) < 4.78 is 7.11. The van der Waals surface area contributed by atoms with Crippen LogP contribution >= 0.6 is 0 Å². The fourth-order valence-electron chi connectivity index (χ4n) is 3.47. The van der Waals surface area contributed by atoms with Crippen LogP contribution in [-0.4, -0.2) is 59.7 Å². The molecule has 0 atom stereocenters. The third-order valence-electron chi connectivity index (χ3n) is 4.97. The van der Waals surface area contributed by atoms with Crippen LogP contribution in [0.2, 0.25) is 0 Å². The molecule has 0 aromatic carbocycles. The Kier molecular flexibility index (Phi) is 4.87. The number of carbonyl (C=O) groups excluding carboxylic acids is 2. The average molecular weight is 398 g/mol. The number of rotatable bonds is 5.